The number of nitrogens with one attached hydrogen (secondary N) is 2. The number of halogens is 1. The summed E-state index contributed by atoms with van der Waals surface area (Å²) in [6.07, 6.45) is 0. The van der Waals surface area contributed by atoms with Gasteiger partial charge >= 0.3 is 10.0 Å². The Morgan fingerprint density at radius 3 is 2.29 bits per heavy atom. The van der Waals surface area contributed by atoms with E-state index in [4.69, 9.17) is 0 Å². The molecule has 4 nitrogen and oxygen atoms in total. The van der Waals surface area contributed by atoms with Gasteiger partial charge in [0.25, 0.3) is 5.84 Å². The standard InChI is InChI=1S/C15H15FN2O2S/c1-2-17-15(12-6-4-3-5-7-12)18-21(19,20)14-10-8-13(16)9-11-14/h3-11H,2H2,1H3,(H,17,18)/p+1. The number of amidine groups is 1. The van der Waals surface area contributed by atoms with Crippen LogP contribution < -0.4 is 9.71 Å². The highest BCUT2D eigenvalue weighted by molar-refractivity contribution is 7.90. The van der Waals surface area contributed by atoms with Crippen molar-refractivity contribution in [2.45, 2.75) is 11.8 Å². The molecule has 2 aromatic carbocycles. The Balaban J connectivity index is 2.33. The molecule has 2 aromatic rings. The first kappa shape index (κ1) is 15.2. The molecule has 0 radical (unpaired) electrons. The van der Waals surface area contributed by atoms with Gasteiger partial charge in [0, 0.05) is 0 Å². The number of sulfonamides is 1. The van der Waals surface area contributed by atoms with Crippen molar-refractivity contribution >= 4 is 15.9 Å². The lowest BCUT2D eigenvalue weighted by molar-refractivity contribution is -0.453. The fourth-order valence-corrected chi connectivity index (χ4v) is 2.86. The molecule has 0 unspecified atom stereocenters. The summed E-state index contributed by atoms with van der Waals surface area (Å²) in [6, 6.07) is 13.8. The van der Waals surface area contributed by atoms with E-state index in [9.17, 15) is 12.8 Å². The molecule has 2 N–H and O–H groups in total. The van der Waals surface area contributed by atoms with Gasteiger partial charge in [0.15, 0.2) is 0 Å². The van der Waals surface area contributed by atoms with E-state index < -0.39 is 15.8 Å². The van der Waals surface area contributed by atoms with Crippen LogP contribution in [0.4, 0.5) is 4.39 Å². The maximum absolute atomic E-state index is 12.9. The van der Waals surface area contributed by atoms with Gasteiger partial charge in [0.2, 0.25) is 0 Å². The molecule has 0 heterocycles. The first-order valence-corrected chi connectivity index (χ1v) is 7.96. The highest BCUT2D eigenvalue weighted by atomic mass is 32.2. The van der Waals surface area contributed by atoms with Crippen LogP contribution in [0.1, 0.15) is 12.5 Å². The molecule has 0 bridgehead atoms. The lowest BCUT2D eigenvalue weighted by Crippen LogP contribution is -2.76. The quantitative estimate of drug-likeness (QED) is 0.644. The van der Waals surface area contributed by atoms with Gasteiger partial charge in [0.05, 0.1) is 12.1 Å². The van der Waals surface area contributed by atoms with Crippen molar-refractivity contribution in [3.8, 4) is 0 Å². The van der Waals surface area contributed by atoms with Gasteiger partial charge in [-0.1, -0.05) is 18.2 Å². The van der Waals surface area contributed by atoms with E-state index in [0.717, 1.165) is 17.7 Å². The SMILES string of the molecule is CC[NH+]=C(NS(=O)(=O)c1ccc(F)cc1)c1ccccc1. The fraction of sp³-hybridized carbons (Fsp3) is 0.133. The first-order chi connectivity index (χ1) is 10.0. The summed E-state index contributed by atoms with van der Waals surface area (Å²) in [5.74, 6) is -0.0877. The normalized spacial score (nSPS) is 12.2. The monoisotopic (exact) mass is 307 g/mol. The summed E-state index contributed by atoms with van der Waals surface area (Å²) in [5, 5.41) is 0. The van der Waals surface area contributed by atoms with E-state index in [1.54, 1.807) is 12.1 Å². The van der Waals surface area contributed by atoms with Crippen LogP contribution in [0.2, 0.25) is 0 Å². The zero-order valence-corrected chi connectivity index (χ0v) is 12.3. The number of rotatable bonds is 4. The third kappa shape index (κ3) is 3.88. The molecular formula is C15H16FN2O2S+. The largest absolute Gasteiger partial charge is 0.328 e. The predicted octanol–water partition coefficient (Wildman–Crippen LogP) is 0.651. The van der Waals surface area contributed by atoms with Crippen LogP contribution in [0.5, 0.6) is 0 Å². The first-order valence-electron chi connectivity index (χ1n) is 6.47. The molecular weight excluding hydrogens is 291 g/mol. The van der Waals surface area contributed by atoms with Gasteiger partial charge in [-0.15, -0.1) is 0 Å². The average molecular weight is 307 g/mol. The molecule has 0 spiro atoms. The Hall–Kier alpha value is -2.21. The fourth-order valence-electron chi connectivity index (χ4n) is 1.79. The van der Waals surface area contributed by atoms with E-state index in [0.29, 0.717) is 12.4 Å². The Kier molecular flexibility index (Phi) is 4.70. The number of hydrogen-bond acceptors (Lipinski definition) is 2. The summed E-state index contributed by atoms with van der Waals surface area (Å²) in [4.78, 5) is 3.00. The summed E-state index contributed by atoms with van der Waals surface area (Å²) in [7, 11) is -3.76. The van der Waals surface area contributed by atoms with Crippen LogP contribution in [0.15, 0.2) is 59.5 Å². The molecule has 6 heteroatoms. The average Bonchev–Trinajstić information content (AvgIpc) is 2.48. The molecule has 110 valence electrons. The van der Waals surface area contributed by atoms with Crippen LogP contribution in [-0.4, -0.2) is 20.8 Å². The highest BCUT2D eigenvalue weighted by Crippen LogP contribution is 2.10. The highest BCUT2D eigenvalue weighted by Gasteiger charge is 2.23. The molecule has 0 saturated carbocycles. The van der Waals surface area contributed by atoms with Crippen molar-refractivity contribution in [1.82, 2.24) is 4.72 Å². The Morgan fingerprint density at radius 1 is 1.10 bits per heavy atom. The van der Waals surface area contributed by atoms with Crippen LogP contribution >= 0.6 is 0 Å². The lowest BCUT2D eigenvalue weighted by Gasteiger charge is -2.05. The van der Waals surface area contributed by atoms with Gasteiger partial charge in [-0.25, -0.2) is 4.39 Å². The predicted molar refractivity (Wildman–Crippen MR) is 78.8 cm³/mol. The third-order valence-corrected chi connectivity index (χ3v) is 4.14. The Morgan fingerprint density at radius 2 is 1.71 bits per heavy atom. The minimum absolute atomic E-state index is 0.00948. The van der Waals surface area contributed by atoms with Crippen LogP contribution in [0.25, 0.3) is 0 Å². The van der Waals surface area contributed by atoms with Crippen molar-refractivity contribution in [3.63, 3.8) is 0 Å². The van der Waals surface area contributed by atoms with E-state index in [1.165, 1.54) is 12.1 Å². The topological polar surface area (TPSA) is 60.1 Å². The summed E-state index contributed by atoms with van der Waals surface area (Å²) in [6.45, 7) is 2.44. The van der Waals surface area contributed by atoms with Crippen molar-refractivity contribution in [1.29, 1.82) is 0 Å². The minimum Gasteiger partial charge on any atom is -0.274 e. The van der Waals surface area contributed by atoms with E-state index in [-0.39, 0.29) is 4.90 Å². The molecule has 0 aliphatic carbocycles. The number of benzene rings is 2. The van der Waals surface area contributed by atoms with Crippen molar-refractivity contribution in [2.75, 3.05) is 6.54 Å². The molecule has 2 rings (SSSR count). The molecule has 0 saturated heterocycles. The zero-order chi connectivity index (χ0) is 15.3. The van der Waals surface area contributed by atoms with Crippen molar-refractivity contribution in [3.05, 3.63) is 66.0 Å². The van der Waals surface area contributed by atoms with E-state index >= 15 is 0 Å². The minimum atomic E-state index is -3.76. The maximum Gasteiger partial charge on any atom is 0.328 e. The van der Waals surface area contributed by atoms with Crippen molar-refractivity contribution < 1.29 is 17.8 Å². The molecule has 0 aliphatic heterocycles. The Labute approximate surface area is 123 Å². The van der Waals surface area contributed by atoms with E-state index in [2.05, 4.69) is 9.71 Å². The smallest absolute Gasteiger partial charge is 0.274 e. The van der Waals surface area contributed by atoms with Gasteiger partial charge in [0.1, 0.15) is 10.7 Å². The molecule has 0 amide bonds. The molecule has 0 atom stereocenters. The molecule has 0 aliphatic rings. The van der Waals surface area contributed by atoms with Crippen LogP contribution in [0.3, 0.4) is 0 Å². The molecule has 21 heavy (non-hydrogen) atoms. The third-order valence-electron chi connectivity index (χ3n) is 2.78. The summed E-state index contributed by atoms with van der Waals surface area (Å²) >= 11 is 0. The second-order valence-corrected chi connectivity index (χ2v) is 6.01. The van der Waals surface area contributed by atoms with Crippen LogP contribution in [0, 0.1) is 5.82 Å². The van der Waals surface area contributed by atoms with Crippen LogP contribution in [-0.2, 0) is 10.0 Å². The van der Waals surface area contributed by atoms with E-state index in [1.807, 2.05) is 25.1 Å². The second kappa shape index (κ2) is 6.49. The number of hydrogen-bond donors (Lipinski definition) is 2. The second-order valence-electron chi connectivity index (χ2n) is 4.33. The van der Waals surface area contributed by atoms with Gasteiger partial charge in [-0.3, -0.25) is 4.99 Å². The lowest BCUT2D eigenvalue weighted by atomic mass is 10.2. The maximum atomic E-state index is 12.9. The van der Waals surface area contributed by atoms with Gasteiger partial charge in [-0.05, 0) is 43.3 Å². The van der Waals surface area contributed by atoms with Crippen molar-refractivity contribution in [2.24, 2.45) is 0 Å². The van der Waals surface area contributed by atoms with Gasteiger partial charge in [-0.2, -0.15) is 13.1 Å². The Bertz CT molecular complexity index is 726. The summed E-state index contributed by atoms with van der Waals surface area (Å²) in [5.41, 5.74) is 0.727. The summed E-state index contributed by atoms with van der Waals surface area (Å²) < 4.78 is 40.0. The van der Waals surface area contributed by atoms with Gasteiger partial charge < -0.3 is 0 Å². The zero-order valence-electron chi connectivity index (χ0n) is 11.5. The molecule has 0 aromatic heterocycles. The molecule has 0 fully saturated rings.